The van der Waals surface area contributed by atoms with Crippen molar-refractivity contribution in [3.8, 4) is 6.07 Å². The number of alkyl carbamates (subject to hydrolysis) is 1. The summed E-state index contributed by atoms with van der Waals surface area (Å²) in [4.78, 5) is 59.2. The lowest BCUT2D eigenvalue weighted by molar-refractivity contribution is -0.142. The Bertz CT molecular complexity index is 1200. The standard InChI is InChI=1S/C30H42N6O5.C2H6/c1-19(20-10-12-21(13-11-20)26(37)33(5)6)36-23-15-25(28(36)39)34(17-23)18-24(32-29(40)41-30(2,3)4)27(38)35-14-8-7-9-22(35)16-31;1-2/h10-13,19,22-25H,7-9,14-15,17-18H2,1-6H3,(H,32,40);1-2H3/t19?,22-,23-,24-,25?;/m0./s1. The highest BCUT2D eigenvalue weighted by Crippen LogP contribution is 2.38. The number of ether oxygens (including phenoxy) is 1. The minimum absolute atomic E-state index is 0.0152. The second-order valence-electron chi connectivity index (χ2n) is 12.5. The van der Waals surface area contributed by atoms with Gasteiger partial charge < -0.3 is 24.8 Å². The number of nitrogens with one attached hydrogen (secondary N) is 1. The Morgan fingerprint density at radius 2 is 1.79 bits per heavy atom. The Kier molecular flexibility index (Phi) is 11.2. The molecule has 0 aliphatic carbocycles. The third kappa shape index (κ3) is 7.85. The summed E-state index contributed by atoms with van der Waals surface area (Å²) in [5, 5.41) is 12.4. The highest BCUT2D eigenvalue weighted by molar-refractivity contribution is 5.94. The highest BCUT2D eigenvalue weighted by Gasteiger charge is 2.52. The minimum atomic E-state index is -0.946. The molecule has 2 bridgehead atoms. The predicted molar refractivity (Wildman–Crippen MR) is 163 cm³/mol. The molecule has 2 unspecified atom stereocenters. The molecule has 3 aliphatic heterocycles. The highest BCUT2D eigenvalue weighted by atomic mass is 16.6. The van der Waals surface area contributed by atoms with E-state index in [1.54, 1.807) is 51.9 Å². The van der Waals surface area contributed by atoms with Crippen molar-refractivity contribution in [1.82, 2.24) is 24.9 Å². The summed E-state index contributed by atoms with van der Waals surface area (Å²) in [6.07, 6.45) is 2.21. The first-order valence-corrected chi connectivity index (χ1v) is 15.4. The third-order valence-corrected chi connectivity index (χ3v) is 8.12. The van der Waals surface area contributed by atoms with Crippen LogP contribution in [-0.4, -0.2) is 107 Å². The van der Waals surface area contributed by atoms with E-state index in [1.165, 1.54) is 4.90 Å². The number of piperazine rings is 1. The molecule has 1 N–H and O–H groups in total. The number of hydrogen-bond acceptors (Lipinski definition) is 7. The molecule has 1 aromatic carbocycles. The fourth-order valence-electron chi connectivity index (χ4n) is 6.12. The fraction of sp³-hybridized carbons (Fsp3) is 0.656. The zero-order valence-electron chi connectivity index (χ0n) is 26.9. The number of likely N-dealkylation sites (tertiary alicyclic amines) is 3. The van der Waals surface area contributed by atoms with Crippen LogP contribution in [0, 0.1) is 11.3 Å². The van der Waals surface area contributed by atoms with Gasteiger partial charge in [-0.2, -0.15) is 5.26 Å². The molecular formula is C32H48N6O5. The molecule has 0 spiro atoms. The van der Waals surface area contributed by atoms with Crippen molar-refractivity contribution < 1.29 is 23.9 Å². The van der Waals surface area contributed by atoms with Gasteiger partial charge in [-0.3, -0.25) is 19.3 Å². The molecule has 5 atom stereocenters. The average Bonchev–Trinajstić information content (AvgIpc) is 3.53. The van der Waals surface area contributed by atoms with E-state index in [0.717, 1.165) is 18.4 Å². The lowest BCUT2D eigenvalue weighted by Gasteiger charge is -2.40. The van der Waals surface area contributed by atoms with E-state index in [4.69, 9.17) is 4.74 Å². The molecular weight excluding hydrogens is 548 g/mol. The van der Waals surface area contributed by atoms with Crippen molar-refractivity contribution in [2.45, 2.75) is 103 Å². The Morgan fingerprint density at radius 3 is 2.35 bits per heavy atom. The van der Waals surface area contributed by atoms with Crippen molar-refractivity contribution in [2.75, 3.05) is 33.7 Å². The van der Waals surface area contributed by atoms with Gasteiger partial charge >= 0.3 is 6.09 Å². The molecule has 11 nitrogen and oxygen atoms in total. The van der Waals surface area contributed by atoms with Crippen LogP contribution in [0.3, 0.4) is 0 Å². The number of nitriles is 1. The number of piperidine rings is 1. The van der Waals surface area contributed by atoms with Gasteiger partial charge in [0.2, 0.25) is 11.8 Å². The van der Waals surface area contributed by atoms with E-state index >= 15 is 0 Å². The van der Waals surface area contributed by atoms with Gasteiger partial charge in [-0.1, -0.05) is 26.0 Å². The van der Waals surface area contributed by atoms with Gasteiger partial charge in [0.25, 0.3) is 5.91 Å². The van der Waals surface area contributed by atoms with Crippen LogP contribution in [0.4, 0.5) is 4.79 Å². The Balaban J connectivity index is 0.00000248. The van der Waals surface area contributed by atoms with E-state index in [0.29, 0.717) is 31.5 Å². The summed E-state index contributed by atoms with van der Waals surface area (Å²) in [6, 6.07) is 7.48. The topological polar surface area (TPSA) is 126 Å². The summed E-state index contributed by atoms with van der Waals surface area (Å²) in [5.41, 5.74) is 0.793. The van der Waals surface area contributed by atoms with Gasteiger partial charge in [0.05, 0.1) is 18.2 Å². The van der Waals surface area contributed by atoms with Gasteiger partial charge in [0, 0.05) is 45.3 Å². The Morgan fingerprint density at radius 1 is 1.14 bits per heavy atom. The van der Waals surface area contributed by atoms with Crippen LogP contribution < -0.4 is 5.32 Å². The monoisotopic (exact) mass is 596 g/mol. The number of fused-ring (bicyclic) bond motifs is 2. The molecule has 3 fully saturated rings. The van der Waals surface area contributed by atoms with Crippen LogP contribution in [0.25, 0.3) is 0 Å². The number of nitrogens with zero attached hydrogens (tertiary/aromatic N) is 5. The van der Waals surface area contributed by atoms with Gasteiger partial charge in [-0.15, -0.1) is 0 Å². The lowest BCUT2D eigenvalue weighted by atomic mass is 10.0. The number of amides is 4. The number of hydrogen-bond donors (Lipinski definition) is 1. The Labute approximate surface area is 256 Å². The predicted octanol–water partition coefficient (Wildman–Crippen LogP) is 3.56. The van der Waals surface area contributed by atoms with Gasteiger partial charge in [0.1, 0.15) is 17.7 Å². The van der Waals surface area contributed by atoms with Crippen molar-refractivity contribution in [3.05, 3.63) is 35.4 Å². The van der Waals surface area contributed by atoms with Crippen molar-refractivity contribution in [3.63, 3.8) is 0 Å². The van der Waals surface area contributed by atoms with Crippen LogP contribution in [0.2, 0.25) is 0 Å². The van der Waals surface area contributed by atoms with E-state index in [1.807, 2.05) is 42.7 Å². The van der Waals surface area contributed by atoms with Crippen LogP contribution >= 0.6 is 0 Å². The Hall–Kier alpha value is -3.65. The molecule has 3 saturated heterocycles. The normalized spacial score (nSPS) is 23.0. The molecule has 4 amide bonds. The van der Waals surface area contributed by atoms with Crippen molar-refractivity contribution in [2.24, 2.45) is 0 Å². The van der Waals surface area contributed by atoms with Crippen LogP contribution in [0.5, 0.6) is 0 Å². The molecule has 3 heterocycles. The molecule has 1 aromatic rings. The van der Waals surface area contributed by atoms with Crippen LogP contribution in [0.1, 0.15) is 89.2 Å². The average molecular weight is 597 g/mol. The summed E-state index contributed by atoms with van der Waals surface area (Å²) in [7, 11) is 3.42. The van der Waals surface area contributed by atoms with E-state index < -0.39 is 29.8 Å². The molecule has 3 aliphatic rings. The maximum Gasteiger partial charge on any atom is 0.408 e. The zero-order valence-corrected chi connectivity index (χ0v) is 26.9. The largest absolute Gasteiger partial charge is 0.444 e. The quantitative estimate of drug-likeness (QED) is 0.510. The van der Waals surface area contributed by atoms with Gasteiger partial charge in [0.15, 0.2) is 0 Å². The number of carbonyl (C=O) groups excluding carboxylic acids is 4. The second kappa shape index (κ2) is 14.2. The maximum absolute atomic E-state index is 13.7. The summed E-state index contributed by atoms with van der Waals surface area (Å²) < 4.78 is 5.44. The lowest BCUT2D eigenvalue weighted by Crippen LogP contribution is -2.60. The van der Waals surface area contributed by atoms with E-state index in [-0.39, 0.29) is 36.3 Å². The van der Waals surface area contributed by atoms with Crippen molar-refractivity contribution in [1.29, 1.82) is 5.26 Å². The minimum Gasteiger partial charge on any atom is -0.444 e. The van der Waals surface area contributed by atoms with Gasteiger partial charge in [-0.25, -0.2) is 4.79 Å². The molecule has 11 heteroatoms. The van der Waals surface area contributed by atoms with Gasteiger partial charge in [-0.05, 0) is 71.1 Å². The zero-order chi connectivity index (χ0) is 32.1. The summed E-state index contributed by atoms with van der Waals surface area (Å²) in [6.45, 7) is 12.4. The van der Waals surface area contributed by atoms with E-state index in [2.05, 4.69) is 11.4 Å². The molecule has 0 aromatic heterocycles. The van der Waals surface area contributed by atoms with E-state index in [9.17, 15) is 24.4 Å². The molecule has 0 saturated carbocycles. The summed E-state index contributed by atoms with van der Waals surface area (Å²) >= 11 is 0. The maximum atomic E-state index is 13.7. The SMILES string of the molecule is CC.CC(c1ccc(C(=O)N(C)C)cc1)N1C(=O)C2C[C@H]1CN2C[C@H](NC(=O)OC(C)(C)C)C(=O)N1CCCC[C@H]1C#N. The molecule has 0 radical (unpaired) electrons. The molecule has 4 rings (SSSR count). The number of carbonyl (C=O) groups is 4. The van der Waals surface area contributed by atoms with Crippen molar-refractivity contribution >= 4 is 23.8 Å². The number of benzene rings is 1. The first-order chi connectivity index (χ1) is 20.3. The molecule has 236 valence electrons. The second-order valence-corrected chi connectivity index (χ2v) is 12.5. The fourth-order valence-corrected chi connectivity index (χ4v) is 6.12. The van der Waals surface area contributed by atoms with Crippen LogP contribution in [-0.2, 0) is 14.3 Å². The molecule has 43 heavy (non-hydrogen) atoms. The smallest absolute Gasteiger partial charge is 0.408 e. The third-order valence-electron chi connectivity index (χ3n) is 8.12. The summed E-state index contributed by atoms with van der Waals surface area (Å²) in [5.74, 6) is -0.417. The number of rotatable bonds is 7. The first kappa shape index (κ1) is 33.8. The van der Waals surface area contributed by atoms with Crippen LogP contribution in [0.15, 0.2) is 24.3 Å². The first-order valence-electron chi connectivity index (χ1n) is 15.4.